The highest BCUT2D eigenvalue weighted by molar-refractivity contribution is 9.10. The number of hydrogen-bond donors (Lipinski definition) is 2. The van der Waals surface area contributed by atoms with E-state index >= 15 is 0 Å². The summed E-state index contributed by atoms with van der Waals surface area (Å²) in [5.41, 5.74) is 7.50. The van der Waals surface area contributed by atoms with Crippen LogP contribution >= 0.6 is 15.9 Å². The van der Waals surface area contributed by atoms with Gasteiger partial charge in [-0.1, -0.05) is 0 Å². The van der Waals surface area contributed by atoms with Gasteiger partial charge in [0.15, 0.2) is 0 Å². The number of carbonyl (C=O) groups is 1. The van der Waals surface area contributed by atoms with Gasteiger partial charge in [0.05, 0.1) is 21.9 Å². The molecule has 0 fully saturated rings. The summed E-state index contributed by atoms with van der Waals surface area (Å²) in [5.74, 6) is 1.52. The zero-order chi connectivity index (χ0) is 14.2. The Bertz CT molecular complexity index is 650. The number of nitrogens with two attached hydrogens (primary N) is 1. The molecular weight excluding hydrogens is 310 g/mol. The van der Waals surface area contributed by atoms with Crippen LogP contribution in [-0.2, 0) is 0 Å². The highest BCUT2D eigenvalue weighted by atomic mass is 79.9. The van der Waals surface area contributed by atoms with E-state index in [0.717, 1.165) is 11.3 Å². The first kappa shape index (κ1) is 13.6. The smallest absolute Gasteiger partial charge is 0.260 e. The lowest BCUT2D eigenvalue weighted by atomic mass is 10.1. The van der Waals surface area contributed by atoms with Crippen molar-refractivity contribution in [2.24, 2.45) is 0 Å². The SMILES string of the molecule is Cc1oc(C)c(C(=O)Nc2ncc(N)cc2Br)c1C. The van der Waals surface area contributed by atoms with E-state index in [0.29, 0.717) is 27.3 Å². The second kappa shape index (κ2) is 5.05. The normalized spacial score (nSPS) is 10.5. The number of nitrogens with one attached hydrogen (secondary N) is 1. The third-order valence-corrected chi connectivity index (χ3v) is 3.49. The molecule has 0 radical (unpaired) electrons. The lowest BCUT2D eigenvalue weighted by Crippen LogP contribution is -2.15. The molecule has 2 rings (SSSR count). The average molecular weight is 324 g/mol. The summed E-state index contributed by atoms with van der Waals surface area (Å²) >= 11 is 3.31. The van der Waals surface area contributed by atoms with Gasteiger partial charge in [0.2, 0.25) is 0 Å². The van der Waals surface area contributed by atoms with Crippen molar-refractivity contribution in [3.05, 3.63) is 39.4 Å². The van der Waals surface area contributed by atoms with E-state index in [2.05, 4.69) is 26.2 Å². The summed E-state index contributed by atoms with van der Waals surface area (Å²) in [6, 6.07) is 1.68. The summed E-state index contributed by atoms with van der Waals surface area (Å²) in [6.07, 6.45) is 1.49. The molecule has 0 aliphatic heterocycles. The Morgan fingerprint density at radius 1 is 1.37 bits per heavy atom. The topological polar surface area (TPSA) is 81.2 Å². The number of aromatic nitrogens is 1. The van der Waals surface area contributed by atoms with E-state index in [1.54, 1.807) is 13.0 Å². The largest absolute Gasteiger partial charge is 0.466 e. The van der Waals surface area contributed by atoms with Crippen molar-refractivity contribution in [1.82, 2.24) is 4.98 Å². The fourth-order valence-corrected chi connectivity index (χ4v) is 2.31. The van der Waals surface area contributed by atoms with Gasteiger partial charge in [-0.3, -0.25) is 4.79 Å². The first-order valence-corrected chi connectivity index (χ1v) is 6.48. The fraction of sp³-hybridized carbons (Fsp3) is 0.231. The number of halogens is 1. The predicted molar refractivity (Wildman–Crippen MR) is 77.2 cm³/mol. The van der Waals surface area contributed by atoms with Crippen molar-refractivity contribution in [2.45, 2.75) is 20.8 Å². The van der Waals surface area contributed by atoms with Gasteiger partial charge >= 0.3 is 0 Å². The molecule has 2 aromatic heterocycles. The second-order valence-corrected chi connectivity index (χ2v) is 5.12. The van der Waals surface area contributed by atoms with Gasteiger partial charge in [-0.15, -0.1) is 0 Å². The van der Waals surface area contributed by atoms with Crippen molar-refractivity contribution in [1.29, 1.82) is 0 Å². The molecule has 2 aromatic rings. The van der Waals surface area contributed by atoms with Crippen molar-refractivity contribution < 1.29 is 9.21 Å². The van der Waals surface area contributed by atoms with Crippen molar-refractivity contribution in [2.75, 3.05) is 11.1 Å². The number of furan rings is 1. The number of nitrogens with zero attached hydrogens (tertiary/aromatic N) is 1. The standard InChI is InChI=1S/C13H14BrN3O2/c1-6-7(2)19-8(3)11(6)13(18)17-12-10(14)4-9(15)5-16-12/h4-5H,15H2,1-3H3,(H,16,17,18). The summed E-state index contributed by atoms with van der Waals surface area (Å²) in [5, 5.41) is 2.74. The highest BCUT2D eigenvalue weighted by Crippen LogP contribution is 2.25. The molecule has 0 aromatic carbocycles. The molecule has 5 nitrogen and oxygen atoms in total. The first-order valence-electron chi connectivity index (χ1n) is 5.69. The number of amides is 1. The number of pyridine rings is 1. The molecule has 0 unspecified atom stereocenters. The van der Waals surface area contributed by atoms with E-state index < -0.39 is 0 Å². The molecule has 0 saturated heterocycles. The number of carbonyl (C=O) groups excluding carboxylic acids is 1. The summed E-state index contributed by atoms with van der Waals surface area (Å²) in [7, 11) is 0. The maximum Gasteiger partial charge on any atom is 0.260 e. The Labute approximate surface area is 119 Å². The van der Waals surface area contributed by atoms with Crippen LogP contribution in [0.15, 0.2) is 21.2 Å². The Morgan fingerprint density at radius 3 is 2.58 bits per heavy atom. The van der Waals surface area contributed by atoms with Crippen molar-refractivity contribution in [3.8, 4) is 0 Å². The highest BCUT2D eigenvalue weighted by Gasteiger charge is 2.19. The van der Waals surface area contributed by atoms with E-state index in [1.807, 2.05) is 13.8 Å². The van der Waals surface area contributed by atoms with Crippen LogP contribution in [0, 0.1) is 20.8 Å². The lowest BCUT2D eigenvalue weighted by Gasteiger charge is -2.07. The monoisotopic (exact) mass is 323 g/mol. The zero-order valence-electron chi connectivity index (χ0n) is 10.9. The Kier molecular flexibility index (Phi) is 3.61. The van der Waals surface area contributed by atoms with Crippen LogP contribution in [-0.4, -0.2) is 10.9 Å². The molecule has 6 heteroatoms. The van der Waals surface area contributed by atoms with Crippen LogP contribution < -0.4 is 11.1 Å². The summed E-state index contributed by atoms with van der Waals surface area (Å²) in [6.45, 7) is 5.45. The Hall–Kier alpha value is -1.82. The molecule has 19 heavy (non-hydrogen) atoms. The third-order valence-electron chi connectivity index (χ3n) is 2.88. The van der Waals surface area contributed by atoms with Crippen LogP contribution in [0.5, 0.6) is 0 Å². The van der Waals surface area contributed by atoms with Crippen LogP contribution in [0.1, 0.15) is 27.4 Å². The number of anilines is 2. The third kappa shape index (κ3) is 2.63. The fourth-order valence-electron chi connectivity index (χ4n) is 1.84. The number of hydrogen-bond acceptors (Lipinski definition) is 4. The summed E-state index contributed by atoms with van der Waals surface area (Å²) in [4.78, 5) is 16.3. The molecular formula is C13H14BrN3O2. The minimum atomic E-state index is -0.246. The molecule has 0 aliphatic carbocycles. The second-order valence-electron chi connectivity index (χ2n) is 4.27. The van der Waals surface area contributed by atoms with Crippen LogP contribution in [0.4, 0.5) is 11.5 Å². The van der Waals surface area contributed by atoms with Gasteiger partial charge in [-0.25, -0.2) is 4.98 Å². The van der Waals surface area contributed by atoms with E-state index in [4.69, 9.17) is 10.2 Å². The van der Waals surface area contributed by atoms with Crippen LogP contribution in [0.3, 0.4) is 0 Å². The molecule has 2 heterocycles. The van der Waals surface area contributed by atoms with Gasteiger partial charge in [0, 0.05) is 5.56 Å². The van der Waals surface area contributed by atoms with E-state index in [9.17, 15) is 4.79 Å². The summed E-state index contributed by atoms with van der Waals surface area (Å²) < 4.78 is 6.08. The van der Waals surface area contributed by atoms with Gasteiger partial charge in [-0.05, 0) is 42.8 Å². The van der Waals surface area contributed by atoms with Crippen molar-refractivity contribution >= 4 is 33.3 Å². The molecule has 1 amide bonds. The lowest BCUT2D eigenvalue weighted by molar-refractivity contribution is 0.102. The molecule has 0 atom stereocenters. The van der Waals surface area contributed by atoms with E-state index in [-0.39, 0.29) is 5.91 Å². The first-order chi connectivity index (χ1) is 8.90. The molecule has 0 bridgehead atoms. The van der Waals surface area contributed by atoms with Crippen molar-refractivity contribution in [3.63, 3.8) is 0 Å². The number of nitrogen functional groups attached to an aromatic ring is 1. The van der Waals surface area contributed by atoms with Gasteiger partial charge < -0.3 is 15.5 Å². The maximum absolute atomic E-state index is 12.2. The number of aryl methyl sites for hydroxylation is 2. The van der Waals surface area contributed by atoms with E-state index in [1.165, 1.54) is 6.20 Å². The Morgan fingerprint density at radius 2 is 2.05 bits per heavy atom. The molecule has 100 valence electrons. The van der Waals surface area contributed by atoms with Crippen LogP contribution in [0.2, 0.25) is 0 Å². The van der Waals surface area contributed by atoms with Gasteiger partial charge in [0.25, 0.3) is 5.91 Å². The number of rotatable bonds is 2. The molecule has 0 saturated carbocycles. The molecule has 0 spiro atoms. The molecule has 0 aliphatic rings. The van der Waals surface area contributed by atoms with Crippen LogP contribution in [0.25, 0.3) is 0 Å². The minimum Gasteiger partial charge on any atom is -0.466 e. The van der Waals surface area contributed by atoms with Gasteiger partial charge in [0.1, 0.15) is 17.3 Å². The Balaban J connectivity index is 2.31. The average Bonchev–Trinajstić information content (AvgIpc) is 2.57. The zero-order valence-corrected chi connectivity index (χ0v) is 12.5. The van der Waals surface area contributed by atoms with Gasteiger partial charge in [-0.2, -0.15) is 0 Å². The minimum absolute atomic E-state index is 0.246. The maximum atomic E-state index is 12.2. The predicted octanol–water partition coefficient (Wildman–Crippen LogP) is 3.20. The molecule has 3 N–H and O–H groups in total. The quantitative estimate of drug-likeness (QED) is 0.889.